The summed E-state index contributed by atoms with van der Waals surface area (Å²) in [6, 6.07) is 7.25. The number of hydrogen-bond acceptors (Lipinski definition) is 6. The molecule has 1 N–H and O–H groups in total. The van der Waals surface area contributed by atoms with Crippen molar-refractivity contribution in [1.82, 2.24) is 25.2 Å². The van der Waals surface area contributed by atoms with E-state index in [1.165, 1.54) is 0 Å². The second-order valence-corrected chi connectivity index (χ2v) is 5.79. The van der Waals surface area contributed by atoms with Gasteiger partial charge in [0.2, 0.25) is 6.41 Å². The Kier molecular flexibility index (Phi) is 5.17. The SMILES string of the molecule is Cc1nc(C(=O)NCc2ccccn2)cc(N2CCN(C=O)CC2)n1. The lowest BCUT2D eigenvalue weighted by molar-refractivity contribution is -0.118. The number of aryl methyl sites for hydroxylation is 1. The first-order valence-corrected chi connectivity index (χ1v) is 8.14. The first-order chi connectivity index (χ1) is 12.2. The molecule has 0 spiro atoms. The molecule has 0 aliphatic carbocycles. The average molecular weight is 340 g/mol. The number of carbonyl (C=O) groups is 2. The Balaban J connectivity index is 1.68. The Morgan fingerprint density at radius 3 is 2.72 bits per heavy atom. The number of piperazine rings is 1. The molecule has 0 bridgehead atoms. The molecule has 0 radical (unpaired) electrons. The molecule has 8 heteroatoms. The predicted molar refractivity (Wildman–Crippen MR) is 92.0 cm³/mol. The van der Waals surface area contributed by atoms with Crippen LogP contribution < -0.4 is 10.2 Å². The summed E-state index contributed by atoms with van der Waals surface area (Å²) in [6.45, 7) is 4.77. The van der Waals surface area contributed by atoms with Crippen molar-refractivity contribution in [2.75, 3.05) is 31.1 Å². The molecule has 1 fully saturated rings. The summed E-state index contributed by atoms with van der Waals surface area (Å²) in [5, 5.41) is 2.82. The quantitative estimate of drug-likeness (QED) is 0.792. The van der Waals surface area contributed by atoms with Gasteiger partial charge in [-0.3, -0.25) is 14.6 Å². The van der Waals surface area contributed by atoms with Crippen LogP contribution >= 0.6 is 0 Å². The van der Waals surface area contributed by atoms with Gasteiger partial charge in [-0.25, -0.2) is 9.97 Å². The number of pyridine rings is 1. The highest BCUT2D eigenvalue weighted by molar-refractivity contribution is 5.92. The van der Waals surface area contributed by atoms with E-state index in [0.29, 0.717) is 50.1 Å². The highest BCUT2D eigenvalue weighted by Crippen LogP contribution is 2.15. The zero-order chi connectivity index (χ0) is 17.6. The van der Waals surface area contributed by atoms with Crippen LogP contribution in [0.25, 0.3) is 0 Å². The highest BCUT2D eigenvalue weighted by atomic mass is 16.2. The van der Waals surface area contributed by atoms with Crippen LogP contribution in [0.4, 0.5) is 5.82 Å². The molecule has 0 atom stereocenters. The van der Waals surface area contributed by atoms with Gasteiger partial charge in [-0.1, -0.05) is 6.07 Å². The molecule has 2 aromatic rings. The molecule has 0 saturated carbocycles. The predicted octanol–water partition coefficient (Wildman–Crippen LogP) is 0.388. The molecule has 2 amide bonds. The minimum Gasteiger partial charge on any atom is -0.353 e. The lowest BCUT2D eigenvalue weighted by atomic mass is 10.3. The highest BCUT2D eigenvalue weighted by Gasteiger charge is 2.19. The Bertz CT molecular complexity index is 744. The van der Waals surface area contributed by atoms with Crippen molar-refractivity contribution in [3.05, 3.63) is 47.7 Å². The standard InChI is InChI=1S/C17H20N6O2/c1-13-20-15(17(25)19-11-14-4-2-3-5-18-14)10-16(21-13)23-8-6-22(12-24)7-9-23/h2-5,10,12H,6-9,11H2,1H3,(H,19,25). The van der Waals surface area contributed by atoms with Crippen LogP contribution in [0.5, 0.6) is 0 Å². The van der Waals surface area contributed by atoms with Gasteiger partial charge in [-0.15, -0.1) is 0 Å². The number of hydrogen-bond donors (Lipinski definition) is 1. The zero-order valence-corrected chi connectivity index (χ0v) is 14.1. The third-order valence-electron chi connectivity index (χ3n) is 4.00. The number of carbonyl (C=O) groups excluding carboxylic acids is 2. The van der Waals surface area contributed by atoms with E-state index >= 15 is 0 Å². The molecule has 8 nitrogen and oxygen atoms in total. The lowest BCUT2D eigenvalue weighted by Crippen LogP contribution is -2.46. The third kappa shape index (κ3) is 4.28. The molecular formula is C17H20N6O2. The first-order valence-electron chi connectivity index (χ1n) is 8.14. The van der Waals surface area contributed by atoms with Gasteiger partial charge in [-0.05, 0) is 19.1 Å². The molecule has 0 aromatic carbocycles. The van der Waals surface area contributed by atoms with Gasteiger partial charge in [0.15, 0.2) is 0 Å². The van der Waals surface area contributed by atoms with Crippen molar-refractivity contribution >= 4 is 18.1 Å². The second-order valence-electron chi connectivity index (χ2n) is 5.79. The molecule has 1 aliphatic rings. The normalized spacial score (nSPS) is 14.3. The zero-order valence-electron chi connectivity index (χ0n) is 14.1. The summed E-state index contributed by atoms with van der Waals surface area (Å²) in [7, 11) is 0. The van der Waals surface area contributed by atoms with Gasteiger partial charge in [0.1, 0.15) is 17.3 Å². The smallest absolute Gasteiger partial charge is 0.270 e. The van der Waals surface area contributed by atoms with Gasteiger partial charge in [-0.2, -0.15) is 0 Å². The third-order valence-corrected chi connectivity index (χ3v) is 4.00. The van der Waals surface area contributed by atoms with Gasteiger partial charge in [0, 0.05) is 38.4 Å². The van der Waals surface area contributed by atoms with Crippen LogP contribution in [-0.4, -0.2) is 58.3 Å². The summed E-state index contributed by atoms with van der Waals surface area (Å²) < 4.78 is 0. The fourth-order valence-electron chi connectivity index (χ4n) is 2.65. The van der Waals surface area contributed by atoms with Crippen molar-refractivity contribution in [3.8, 4) is 0 Å². The molecule has 2 aromatic heterocycles. The molecule has 25 heavy (non-hydrogen) atoms. The lowest BCUT2D eigenvalue weighted by Gasteiger charge is -2.33. The second kappa shape index (κ2) is 7.69. The van der Waals surface area contributed by atoms with Crippen LogP contribution in [0.1, 0.15) is 22.0 Å². The number of rotatable bonds is 5. The maximum absolute atomic E-state index is 12.4. The Morgan fingerprint density at radius 1 is 1.24 bits per heavy atom. The van der Waals surface area contributed by atoms with Crippen LogP contribution in [0.3, 0.4) is 0 Å². The van der Waals surface area contributed by atoms with E-state index in [1.807, 2.05) is 18.2 Å². The van der Waals surface area contributed by atoms with Crippen LogP contribution in [0.15, 0.2) is 30.5 Å². The van der Waals surface area contributed by atoms with E-state index in [-0.39, 0.29) is 5.91 Å². The minimum atomic E-state index is -0.260. The Morgan fingerprint density at radius 2 is 2.04 bits per heavy atom. The average Bonchev–Trinajstić information content (AvgIpc) is 2.66. The Hall–Kier alpha value is -3.03. The van der Waals surface area contributed by atoms with Gasteiger partial charge < -0.3 is 15.1 Å². The van der Waals surface area contributed by atoms with E-state index in [4.69, 9.17) is 0 Å². The maximum Gasteiger partial charge on any atom is 0.270 e. The summed E-state index contributed by atoms with van der Waals surface area (Å²) in [6.07, 6.45) is 2.55. The van der Waals surface area contributed by atoms with Crippen LogP contribution in [0.2, 0.25) is 0 Å². The van der Waals surface area contributed by atoms with E-state index < -0.39 is 0 Å². The molecule has 1 saturated heterocycles. The van der Waals surface area contributed by atoms with E-state index in [0.717, 1.165) is 12.1 Å². The minimum absolute atomic E-state index is 0.260. The van der Waals surface area contributed by atoms with Crippen molar-refractivity contribution in [1.29, 1.82) is 0 Å². The summed E-state index contributed by atoms with van der Waals surface area (Å²) in [5.41, 5.74) is 1.11. The number of aromatic nitrogens is 3. The summed E-state index contributed by atoms with van der Waals surface area (Å²) >= 11 is 0. The van der Waals surface area contributed by atoms with Gasteiger partial charge in [0.05, 0.1) is 12.2 Å². The van der Waals surface area contributed by atoms with Crippen molar-refractivity contribution in [3.63, 3.8) is 0 Å². The number of anilines is 1. The summed E-state index contributed by atoms with van der Waals surface area (Å²) in [5.74, 6) is 0.989. The molecular weight excluding hydrogens is 320 g/mol. The largest absolute Gasteiger partial charge is 0.353 e. The topological polar surface area (TPSA) is 91.3 Å². The van der Waals surface area contributed by atoms with E-state index in [9.17, 15) is 9.59 Å². The molecule has 0 unspecified atom stereocenters. The van der Waals surface area contributed by atoms with Gasteiger partial charge in [0.25, 0.3) is 5.91 Å². The van der Waals surface area contributed by atoms with Crippen LogP contribution in [-0.2, 0) is 11.3 Å². The Labute approximate surface area is 145 Å². The number of amides is 2. The van der Waals surface area contributed by atoms with Crippen molar-refractivity contribution in [2.45, 2.75) is 13.5 Å². The molecule has 1 aliphatic heterocycles. The first kappa shape index (κ1) is 16.8. The fourth-order valence-corrected chi connectivity index (χ4v) is 2.65. The van der Waals surface area contributed by atoms with Crippen molar-refractivity contribution in [2.24, 2.45) is 0 Å². The van der Waals surface area contributed by atoms with E-state index in [2.05, 4.69) is 25.2 Å². The summed E-state index contributed by atoms with van der Waals surface area (Å²) in [4.78, 5) is 39.8. The van der Waals surface area contributed by atoms with E-state index in [1.54, 1.807) is 24.1 Å². The van der Waals surface area contributed by atoms with Crippen molar-refractivity contribution < 1.29 is 9.59 Å². The van der Waals surface area contributed by atoms with Crippen LogP contribution in [0, 0.1) is 6.92 Å². The molecule has 130 valence electrons. The molecule has 3 heterocycles. The number of nitrogens with zero attached hydrogens (tertiary/aromatic N) is 5. The maximum atomic E-state index is 12.4. The fraction of sp³-hybridized carbons (Fsp3) is 0.353. The molecule has 3 rings (SSSR count). The van der Waals surface area contributed by atoms with Gasteiger partial charge >= 0.3 is 0 Å². The number of nitrogens with one attached hydrogen (secondary N) is 1. The monoisotopic (exact) mass is 340 g/mol.